The summed E-state index contributed by atoms with van der Waals surface area (Å²) < 4.78 is 11.0. The molecular formula is C16H27NO2. The molecule has 0 heterocycles. The molecule has 19 heavy (non-hydrogen) atoms. The lowest BCUT2D eigenvalue weighted by Gasteiger charge is -2.13. The van der Waals surface area contributed by atoms with Crippen molar-refractivity contribution in [1.82, 2.24) is 0 Å². The van der Waals surface area contributed by atoms with E-state index in [-0.39, 0.29) is 6.04 Å². The van der Waals surface area contributed by atoms with E-state index in [1.165, 1.54) is 19.3 Å². The van der Waals surface area contributed by atoms with Crippen molar-refractivity contribution in [2.75, 3.05) is 19.8 Å². The van der Waals surface area contributed by atoms with Crippen LogP contribution < -0.4 is 10.5 Å². The molecule has 1 aromatic carbocycles. The minimum absolute atomic E-state index is 0.0538. The second-order valence-corrected chi connectivity index (χ2v) is 4.74. The third-order valence-corrected chi connectivity index (χ3v) is 3.06. The second kappa shape index (κ2) is 9.82. The maximum atomic E-state index is 6.09. The maximum absolute atomic E-state index is 6.09. The summed E-state index contributed by atoms with van der Waals surface area (Å²) >= 11 is 0. The van der Waals surface area contributed by atoms with Crippen LogP contribution in [0.1, 0.15) is 51.1 Å². The molecule has 0 fully saturated rings. The fourth-order valence-electron chi connectivity index (χ4n) is 1.92. The monoisotopic (exact) mass is 265 g/mol. The van der Waals surface area contributed by atoms with Crippen molar-refractivity contribution in [3.05, 3.63) is 29.8 Å². The Hall–Kier alpha value is -1.06. The lowest BCUT2D eigenvalue weighted by Crippen LogP contribution is -2.17. The molecule has 0 saturated heterocycles. The lowest BCUT2D eigenvalue weighted by molar-refractivity contribution is 0.117. The molecule has 0 amide bonds. The molecular weight excluding hydrogens is 238 g/mol. The Kier molecular flexibility index (Phi) is 8.26. The number of hydrogen-bond donors (Lipinski definition) is 1. The predicted molar refractivity (Wildman–Crippen MR) is 79.5 cm³/mol. The fraction of sp³-hybridized carbons (Fsp3) is 0.625. The molecule has 0 radical (unpaired) electrons. The molecule has 0 bridgehead atoms. The van der Waals surface area contributed by atoms with E-state index in [1.807, 2.05) is 31.2 Å². The van der Waals surface area contributed by atoms with Crippen LogP contribution in [-0.4, -0.2) is 19.8 Å². The van der Waals surface area contributed by atoms with Crippen molar-refractivity contribution in [1.29, 1.82) is 0 Å². The van der Waals surface area contributed by atoms with Crippen LogP contribution in [0.25, 0.3) is 0 Å². The van der Waals surface area contributed by atoms with Gasteiger partial charge in [0.2, 0.25) is 0 Å². The van der Waals surface area contributed by atoms with Crippen LogP contribution in [0.5, 0.6) is 5.75 Å². The third-order valence-electron chi connectivity index (χ3n) is 3.06. The Morgan fingerprint density at radius 2 is 1.79 bits per heavy atom. The molecule has 1 atom stereocenters. The van der Waals surface area contributed by atoms with Gasteiger partial charge in [0.1, 0.15) is 5.75 Å². The van der Waals surface area contributed by atoms with E-state index in [4.69, 9.17) is 15.2 Å². The molecule has 3 nitrogen and oxygen atoms in total. The molecule has 1 rings (SSSR count). The Morgan fingerprint density at radius 1 is 1.05 bits per heavy atom. The summed E-state index contributed by atoms with van der Waals surface area (Å²) in [6.07, 6.45) is 4.92. The highest BCUT2D eigenvalue weighted by Crippen LogP contribution is 2.16. The first kappa shape index (κ1) is 16.0. The molecule has 0 aliphatic heterocycles. The minimum atomic E-state index is -0.0538. The van der Waals surface area contributed by atoms with Crippen LogP contribution in [0, 0.1) is 0 Å². The van der Waals surface area contributed by atoms with Gasteiger partial charge >= 0.3 is 0 Å². The van der Waals surface area contributed by atoms with Gasteiger partial charge in [0.15, 0.2) is 0 Å². The summed E-state index contributed by atoms with van der Waals surface area (Å²) in [4.78, 5) is 0. The zero-order valence-electron chi connectivity index (χ0n) is 12.2. The van der Waals surface area contributed by atoms with E-state index >= 15 is 0 Å². The first-order chi connectivity index (χ1) is 9.27. The molecule has 0 aliphatic rings. The number of unbranched alkanes of at least 4 members (excludes halogenated alkanes) is 3. The summed E-state index contributed by atoms with van der Waals surface area (Å²) in [6, 6.07) is 7.88. The molecule has 3 heteroatoms. The fourth-order valence-corrected chi connectivity index (χ4v) is 1.92. The SMILES string of the molecule is CCCCCCOCC(N)c1ccc(OCC)cc1. The zero-order chi connectivity index (χ0) is 13.9. The number of benzene rings is 1. The summed E-state index contributed by atoms with van der Waals surface area (Å²) in [6.45, 7) is 6.27. The molecule has 0 saturated carbocycles. The number of ether oxygens (including phenoxy) is 2. The Bertz CT molecular complexity index is 324. The van der Waals surface area contributed by atoms with E-state index in [1.54, 1.807) is 0 Å². The summed E-state index contributed by atoms with van der Waals surface area (Å²) in [7, 11) is 0. The molecule has 0 aromatic heterocycles. The van der Waals surface area contributed by atoms with Gasteiger partial charge in [0.25, 0.3) is 0 Å². The zero-order valence-corrected chi connectivity index (χ0v) is 12.2. The molecule has 0 aliphatic carbocycles. The summed E-state index contributed by atoms with van der Waals surface area (Å²) in [5.74, 6) is 0.888. The summed E-state index contributed by atoms with van der Waals surface area (Å²) in [5.41, 5.74) is 7.19. The van der Waals surface area contributed by atoms with Crippen LogP contribution in [0.15, 0.2) is 24.3 Å². The topological polar surface area (TPSA) is 44.5 Å². The standard InChI is InChI=1S/C16H27NO2/c1-3-5-6-7-12-18-13-16(17)14-8-10-15(11-9-14)19-4-2/h8-11,16H,3-7,12-13,17H2,1-2H3. The molecule has 108 valence electrons. The number of rotatable bonds is 10. The maximum Gasteiger partial charge on any atom is 0.119 e. The van der Waals surface area contributed by atoms with Gasteiger partial charge in [-0.25, -0.2) is 0 Å². The van der Waals surface area contributed by atoms with E-state index < -0.39 is 0 Å². The molecule has 1 unspecified atom stereocenters. The van der Waals surface area contributed by atoms with Gasteiger partial charge < -0.3 is 15.2 Å². The van der Waals surface area contributed by atoms with Gasteiger partial charge in [-0.3, -0.25) is 0 Å². The second-order valence-electron chi connectivity index (χ2n) is 4.74. The van der Waals surface area contributed by atoms with E-state index in [2.05, 4.69) is 6.92 Å². The van der Waals surface area contributed by atoms with Crippen LogP contribution in [0.4, 0.5) is 0 Å². The summed E-state index contributed by atoms with van der Waals surface area (Å²) in [5, 5.41) is 0. The van der Waals surface area contributed by atoms with Crippen molar-refractivity contribution >= 4 is 0 Å². The minimum Gasteiger partial charge on any atom is -0.494 e. The van der Waals surface area contributed by atoms with Gasteiger partial charge in [-0.1, -0.05) is 38.3 Å². The highest BCUT2D eigenvalue weighted by atomic mass is 16.5. The van der Waals surface area contributed by atoms with Crippen LogP contribution in [0.3, 0.4) is 0 Å². The Labute approximate surface area is 117 Å². The quantitative estimate of drug-likeness (QED) is 0.656. The van der Waals surface area contributed by atoms with Crippen molar-refractivity contribution in [2.45, 2.75) is 45.6 Å². The highest BCUT2D eigenvalue weighted by Gasteiger charge is 2.06. The highest BCUT2D eigenvalue weighted by molar-refractivity contribution is 5.29. The normalized spacial score (nSPS) is 12.4. The van der Waals surface area contributed by atoms with Crippen LogP contribution in [-0.2, 0) is 4.74 Å². The number of nitrogens with two attached hydrogens (primary N) is 1. The van der Waals surface area contributed by atoms with Crippen molar-refractivity contribution in [2.24, 2.45) is 5.73 Å². The smallest absolute Gasteiger partial charge is 0.119 e. The van der Waals surface area contributed by atoms with Crippen LogP contribution in [0.2, 0.25) is 0 Å². The van der Waals surface area contributed by atoms with Gasteiger partial charge in [-0.05, 0) is 31.0 Å². The molecule has 1 aromatic rings. The van der Waals surface area contributed by atoms with Gasteiger partial charge in [-0.2, -0.15) is 0 Å². The number of hydrogen-bond acceptors (Lipinski definition) is 3. The largest absolute Gasteiger partial charge is 0.494 e. The molecule has 2 N–H and O–H groups in total. The van der Waals surface area contributed by atoms with Gasteiger partial charge in [0, 0.05) is 6.61 Å². The van der Waals surface area contributed by atoms with Crippen LogP contribution >= 0.6 is 0 Å². The van der Waals surface area contributed by atoms with Gasteiger partial charge in [-0.15, -0.1) is 0 Å². The van der Waals surface area contributed by atoms with E-state index in [0.29, 0.717) is 13.2 Å². The van der Waals surface area contributed by atoms with E-state index in [0.717, 1.165) is 24.3 Å². The average Bonchev–Trinajstić information content (AvgIpc) is 2.43. The van der Waals surface area contributed by atoms with Gasteiger partial charge in [0.05, 0.1) is 19.3 Å². The average molecular weight is 265 g/mol. The molecule has 0 spiro atoms. The lowest BCUT2D eigenvalue weighted by atomic mass is 10.1. The Morgan fingerprint density at radius 3 is 2.42 bits per heavy atom. The predicted octanol–water partition coefficient (Wildman–Crippen LogP) is 3.68. The van der Waals surface area contributed by atoms with Crippen molar-refractivity contribution in [3.8, 4) is 5.75 Å². The first-order valence-corrected chi connectivity index (χ1v) is 7.34. The first-order valence-electron chi connectivity index (χ1n) is 7.34. The van der Waals surface area contributed by atoms with E-state index in [9.17, 15) is 0 Å². The Balaban J connectivity index is 2.23. The van der Waals surface area contributed by atoms with Crippen molar-refractivity contribution in [3.63, 3.8) is 0 Å². The van der Waals surface area contributed by atoms with Crippen molar-refractivity contribution < 1.29 is 9.47 Å². The third kappa shape index (κ3) is 6.60.